The topological polar surface area (TPSA) is 0 Å². The Morgan fingerprint density at radius 2 is 1.94 bits per heavy atom. The van der Waals surface area contributed by atoms with Crippen molar-refractivity contribution in [3.05, 3.63) is 34.9 Å². The zero-order valence-corrected chi connectivity index (χ0v) is 11.6. The van der Waals surface area contributed by atoms with Crippen LogP contribution in [0.3, 0.4) is 0 Å². The van der Waals surface area contributed by atoms with E-state index >= 15 is 0 Å². The van der Waals surface area contributed by atoms with E-state index in [-0.39, 0.29) is 0 Å². The minimum absolute atomic E-state index is 0.652. The van der Waals surface area contributed by atoms with Crippen LogP contribution < -0.4 is 0 Å². The van der Waals surface area contributed by atoms with Crippen LogP contribution in [0, 0.1) is 5.92 Å². The third-order valence-corrected chi connectivity index (χ3v) is 4.69. The van der Waals surface area contributed by atoms with Gasteiger partial charge in [-0.1, -0.05) is 45.9 Å². The maximum atomic E-state index is 2.36. The predicted molar refractivity (Wildman–Crippen MR) is 74.3 cm³/mol. The van der Waals surface area contributed by atoms with Gasteiger partial charge in [-0.15, -0.1) is 0 Å². The van der Waals surface area contributed by atoms with Gasteiger partial charge in [-0.2, -0.15) is 11.8 Å². The predicted octanol–water partition coefficient (Wildman–Crippen LogP) is 4.80. The largest absolute Gasteiger partial charge is 0.157 e. The van der Waals surface area contributed by atoms with Gasteiger partial charge in [0.2, 0.25) is 0 Å². The molecule has 1 aromatic rings. The van der Waals surface area contributed by atoms with E-state index < -0.39 is 0 Å². The van der Waals surface area contributed by atoms with Crippen molar-refractivity contribution in [3.63, 3.8) is 0 Å². The van der Waals surface area contributed by atoms with Gasteiger partial charge in [-0.25, -0.2) is 0 Å². The van der Waals surface area contributed by atoms with E-state index in [2.05, 4.69) is 57.7 Å². The molecule has 0 N–H and O–H groups in total. The van der Waals surface area contributed by atoms with Gasteiger partial charge in [0.1, 0.15) is 0 Å². The van der Waals surface area contributed by atoms with Crippen LogP contribution in [-0.4, -0.2) is 5.75 Å². The Labute approximate surface area is 104 Å². The zero-order valence-electron chi connectivity index (χ0n) is 10.8. The summed E-state index contributed by atoms with van der Waals surface area (Å²) in [4.78, 5) is 0. The van der Waals surface area contributed by atoms with Gasteiger partial charge in [-0.3, -0.25) is 0 Å². The Hall–Kier alpha value is -0.430. The lowest BCUT2D eigenvalue weighted by Gasteiger charge is -2.31. The van der Waals surface area contributed by atoms with Gasteiger partial charge in [0.25, 0.3) is 0 Å². The molecule has 1 aliphatic rings. The van der Waals surface area contributed by atoms with Gasteiger partial charge in [0.15, 0.2) is 0 Å². The van der Waals surface area contributed by atoms with Crippen molar-refractivity contribution in [2.75, 3.05) is 5.75 Å². The van der Waals surface area contributed by atoms with Gasteiger partial charge < -0.3 is 0 Å². The molecular weight excluding hydrogens is 212 g/mol. The first kappa shape index (κ1) is 12.0. The van der Waals surface area contributed by atoms with Crippen molar-refractivity contribution in [2.45, 2.75) is 45.3 Å². The molecule has 1 aromatic carbocycles. The molecule has 0 saturated heterocycles. The van der Waals surface area contributed by atoms with Gasteiger partial charge in [0, 0.05) is 11.5 Å². The second-order valence-corrected chi connectivity index (χ2v) is 6.47. The summed E-state index contributed by atoms with van der Waals surface area (Å²) in [5.41, 5.74) is 4.84. The molecule has 1 atom stereocenters. The van der Waals surface area contributed by atoms with E-state index in [0.29, 0.717) is 5.92 Å². The molecule has 0 aliphatic carbocycles. The summed E-state index contributed by atoms with van der Waals surface area (Å²) < 4.78 is 0. The maximum Gasteiger partial charge on any atom is 0.0187 e. The molecule has 0 fully saturated rings. The average molecular weight is 234 g/mol. The van der Waals surface area contributed by atoms with Crippen LogP contribution in [0.5, 0.6) is 0 Å². The van der Waals surface area contributed by atoms with E-state index in [9.17, 15) is 0 Å². The highest BCUT2D eigenvalue weighted by Gasteiger charge is 2.26. The molecule has 0 nitrogen and oxygen atoms in total. The smallest absolute Gasteiger partial charge is 0.0187 e. The van der Waals surface area contributed by atoms with Crippen LogP contribution in [0.25, 0.3) is 0 Å². The Balaban J connectivity index is 2.51. The molecule has 0 bridgehead atoms. The van der Waals surface area contributed by atoms with Crippen molar-refractivity contribution in [1.82, 2.24) is 0 Å². The number of thioether (sulfide) groups is 1. The number of rotatable bonds is 2. The fourth-order valence-corrected chi connectivity index (χ4v) is 4.01. The lowest BCUT2D eigenvalue weighted by atomic mass is 9.81. The van der Waals surface area contributed by atoms with E-state index in [1.54, 1.807) is 16.7 Å². The first-order valence-corrected chi connectivity index (χ1v) is 7.46. The van der Waals surface area contributed by atoms with Crippen LogP contribution in [0.15, 0.2) is 18.2 Å². The molecule has 1 heteroatoms. The monoisotopic (exact) mass is 234 g/mol. The van der Waals surface area contributed by atoms with E-state index in [0.717, 1.165) is 11.8 Å². The Morgan fingerprint density at radius 1 is 1.19 bits per heavy atom. The van der Waals surface area contributed by atoms with Crippen molar-refractivity contribution in [3.8, 4) is 0 Å². The van der Waals surface area contributed by atoms with Crippen molar-refractivity contribution in [1.29, 1.82) is 0 Å². The third-order valence-electron chi connectivity index (χ3n) is 3.58. The maximum absolute atomic E-state index is 2.36. The number of fused-ring (bicyclic) bond motifs is 1. The normalized spacial score (nSPS) is 20.2. The molecular formula is C15H22S. The molecule has 1 aliphatic heterocycles. The second kappa shape index (κ2) is 4.83. The summed E-state index contributed by atoms with van der Waals surface area (Å²) in [5.74, 6) is 4.67. The average Bonchev–Trinajstić information content (AvgIpc) is 2.27. The minimum atomic E-state index is 0.652. The van der Waals surface area contributed by atoms with Crippen LogP contribution in [0.1, 0.15) is 56.2 Å². The summed E-state index contributed by atoms with van der Waals surface area (Å²) in [7, 11) is 0. The highest BCUT2D eigenvalue weighted by atomic mass is 32.2. The standard InChI is InChI=1S/C15H22S/c1-10(2)13-7-5-6-12-8-16-9-14(11(3)4)15(12)13/h5-7,10-11,14H,8-9H2,1-4H3. The van der Waals surface area contributed by atoms with Gasteiger partial charge >= 0.3 is 0 Å². The molecule has 0 amide bonds. The lowest BCUT2D eigenvalue weighted by molar-refractivity contribution is 0.529. The van der Waals surface area contributed by atoms with Crippen LogP contribution >= 0.6 is 11.8 Å². The molecule has 1 unspecified atom stereocenters. The number of hydrogen-bond acceptors (Lipinski definition) is 1. The highest BCUT2D eigenvalue weighted by Crippen LogP contribution is 2.41. The Kier molecular flexibility index (Phi) is 3.63. The van der Waals surface area contributed by atoms with E-state index in [4.69, 9.17) is 0 Å². The van der Waals surface area contributed by atoms with Gasteiger partial charge in [0.05, 0.1) is 0 Å². The molecule has 1 heterocycles. The summed E-state index contributed by atoms with van der Waals surface area (Å²) in [6.45, 7) is 9.35. The first-order valence-electron chi connectivity index (χ1n) is 6.30. The first-order chi connectivity index (χ1) is 7.61. The molecule has 16 heavy (non-hydrogen) atoms. The molecule has 0 aromatic heterocycles. The summed E-state index contributed by atoms with van der Waals surface area (Å²) >= 11 is 2.09. The van der Waals surface area contributed by atoms with Crippen LogP contribution in [-0.2, 0) is 5.75 Å². The molecule has 0 radical (unpaired) electrons. The van der Waals surface area contributed by atoms with Gasteiger partial charge in [-0.05, 0) is 34.4 Å². The quantitative estimate of drug-likeness (QED) is 0.708. The molecule has 0 saturated carbocycles. The number of benzene rings is 1. The van der Waals surface area contributed by atoms with Crippen LogP contribution in [0.4, 0.5) is 0 Å². The fraction of sp³-hybridized carbons (Fsp3) is 0.600. The Morgan fingerprint density at radius 3 is 2.56 bits per heavy atom. The summed E-state index contributed by atoms with van der Waals surface area (Å²) in [5, 5.41) is 0. The van der Waals surface area contributed by atoms with E-state index in [1.165, 1.54) is 11.5 Å². The minimum Gasteiger partial charge on any atom is -0.157 e. The van der Waals surface area contributed by atoms with Crippen molar-refractivity contribution < 1.29 is 0 Å². The highest BCUT2D eigenvalue weighted by molar-refractivity contribution is 7.98. The molecule has 2 rings (SSSR count). The second-order valence-electron chi connectivity index (χ2n) is 5.44. The van der Waals surface area contributed by atoms with E-state index in [1.807, 2.05) is 0 Å². The third kappa shape index (κ3) is 2.15. The Bertz CT molecular complexity index is 366. The van der Waals surface area contributed by atoms with Crippen molar-refractivity contribution >= 4 is 11.8 Å². The summed E-state index contributed by atoms with van der Waals surface area (Å²) in [6, 6.07) is 6.88. The zero-order chi connectivity index (χ0) is 11.7. The lowest BCUT2D eigenvalue weighted by Crippen LogP contribution is -2.18. The van der Waals surface area contributed by atoms with Crippen LogP contribution in [0.2, 0.25) is 0 Å². The number of hydrogen-bond donors (Lipinski definition) is 0. The molecule has 0 spiro atoms. The SMILES string of the molecule is CC(C)c1cccc2c1C(C(C)C)CSC2. The molecule has 88 valence electrons. The van der Waals surface area contributed by atoms with Crippen molar-refractivity contribution in [2.24, 2.45) is 5.92 Å². The summed E-state index contributed by atoms with van der Waals surface area (Å²) in [6.07, 6.45) is 0. The fourth-order valence-electron chi connectivity index (χ4n) is 2.62.